The van der Waals surface area contributed by atoms with E-state index in [4.69, 9.17) is 14.7 Å². The Hall–Kier alpha value is -0.330. The van der Waals surface area contributed by atoms with E-state index >= 15 is 0 Å². The Kier molecular flexibility index (Phi) is 3.71. The van der Waals surface area contributed by atoms with Crippen molar-refractivity contribution in [2.24, 2.45) is 0 Å². The van der Waals surface area contributed by atoms with Crippen molar-refractivity contribution in [1.29, 1.82) is 0 Å². The van der Waals surface area contributed by atoms with Crippen molar-refractivity contribution in [1.82, 2.24) is 0 Å². The molecule has 0 saturated heterocycles. The van der Waals surface area contributed by atoms with Gasteiger partial charge in [-0.1, -0.05) is 0 Å². The molecular weight excluding hydrogens is 359 g/mol. The fourth-order valence-corrected chi connectivity index (χ4v) is 3.66. The molecule has 0 amide bonds. The number of rotatable bonds is 2. The molecule has 0 saturated carbocycles. The van der Waals surface area contributed by atoms with E-state index in [1.807, 2.05) is 30.1 Å². The number of carbonyl (C=O) groups is 1. The number of hydrogen-bond acceptors (Lipinski definition) is 3. The van der Waals surface area contributed by atoms with Crippen LogP contribution in [-0.2, 0) is 3.07 Å². The number of aryl methyl sites for hydroxylation is 1. The van der Waals surface area contributed by atoms with Crippen LogP contribution in [0.4, 0.5) is 0 Å². The fourth-order valence-electron chi connectivity index (χ4n) is 1.51. The number of alkyl halides is 1. The van der Waals surface area contributed by atoms with Crippen molar-refractivity contribution in [3.63, 3.8) is 0 Å². The summed E-state index contributed by atoms with van der Waals surface area (Å²) < 4.78 is 6.08. The predicted octanol–water partition coefficient (Wildman–Crippen LogP) is 0.654. The second-order valence-corrected chi connectivity index (χ2v) is 5.94. The monoisotopic (exact) mass is 367 g/mol. The van der Waals surface area contributed by atoms with Crippen LogP contribution in [0, 0.1) is 6.92 Å². The third kappa shape index (κ3) is 2.06. The molecule has 0 bridgehead atoms. The van der Waals surface area contributed by atoms with Crippen molar-refractivity contribution in [2.75, 3.05) is 4.93 Å². The molecule has 2 nitrogen and oxygen atoms in total. The molecule has 0 aliphatic rings. The second kappa shape index (κ2) is 4.89. The number of carbonyl (C=O) groups excluding carboxylic acids is 1. The molecule has 0 unspecified atom stereocenters. The van der Waals surface area contributed by atoms with Crippen LogP contribution in [0.3, 0.4) is 0 Å². The first-order valence-electron chi connectivity index (χ1n) is 4.53. The van der Waals surface area contributed by atoms with E-state index in [0.717, 1.165) is 15.6 Å². The van der Waals surface area contributed by atoms with Crippen LogP contribution in [0.15, 0.2) is 18.2 Å². The first-order chi connectivity index (χ1) is 7.65. The number of thiophene rings is 1. The van der Waals surface area contributed by atoms with E-state index in [-0.39, 0.29) is 5.97 Å². The summed E-state index contributed by atoms with van der Waals surface area (Å²) in [6, 6.07) is 5.71. The number of hydrogen-bond donors (Lipinski definition) is 0. The molecule has 16 heavy (non-hydrogen) atoms. The molecule has 0 spiro atoms. The summed E-state index contributed by atoms with van der Waals surface area (Å²) in [4.78, 5) is 14.3. The van der Waals surface area contributed by atoms with Crippen molar-refractivity contribution < 1.29 is 29.5 Å². The van der Waals surface area contributed by atoms with E-state index < -0.39 is 21.6 Å². The van der Waals surface area contributed by atoms with Gasteiger partial charge in [0.15, 0.2) is 0 Å². The topological polar surface area (TPSA) is 26.3 Å². The van der Waals surface area contributed by atoms with Crippen molar-refractivity contribution >= 4 is 39.0 Å². The number of benzene rings is 1. The van der Waals surface area contributed by atoms with Gasteiger partial charge in [0.2, 0.25) is 0 Å². The van der Waals surface area contributed by atoms with Gasteiger partial charge in [0.25, 0.3) is 0 Å². The van der Waals surface area contributed by atoms with E-state index in [2.05, 4.69) is 0 Å². The molecule has 0 fully saturated rings. The van der Waals surface area contributed by atoms with E-state index in [9.17, 15) is 4.79 Å². The van der Waals surface area contributed by atoms with Gasteiger partial charge >= 0.3 is 114 Å². The maximum atomic E-state index is 11.7. The Morgan fingerprint density at radius 2 is 2.25 bits per heavy atom. The van der Waals surface area contributed by atoms with Crippen molar-refractivity contribution in [3.8, 4) is 0 Å². The molecule has 0 N–H and O–H groups in total. The summed E-state index contributed by atoms with van der Waals surface area (Å²) in [6.07, 6.45) is 0. The van der Waals surface area contributed by atoms with E-state index in [0.29, 0.717) is 9.90 Å². The van der Waals surface area contributed by atoms with Crippen molar-refractivity contribution in [2.45, 2.75) is 6.92 Å². The Morgan fingerprint density at radius 1 is 1.50 bits per heavy atom. The minimum atomic E-state index is -0.485. The number of fused-ring (bicyclic) bond motifs is 1. The maximum absolute atomic E-state index is 11.7. The summed E-state index contributed by atoms with van der Waals surface area (Å²) in [7, 11) is 0. The predicted molar refractivity (Wildman–Crippen MR) is 62.9 cm³/mol. The van der Waals surface area contributed by atoms with Crippen LogP contribution in [0.2, 0.25) is 5.02 Å². The van der Waals surface area contributed by atoms with Crippen LogP contribution in [0.25, 0.3) is 10.1 Å². The first kappa shape index (κ1) is 12.1. The van der Waals surface area contributed by atoms with Gasteiger partial charge in [-0.2, -0.15) is 0 Å². The average molecular weight is 368 g/mol. The minimum absolute atomic E-state index is 0.218. The van der Waals surface area contributed by atoms with Gasteiger partial charge in [0.1, 0.15) is 0 Å². The SMILES string of the molecule is C[I-]OC(=O)c1sc2c(Cl)cccc2c1C. The van der Waals surface area contributed by atoms with Crippen LogP contribution in [-0.4, -0.2) is 10.9 Å². The fraction of sp³-hybridized carbons (Fsp3) is 0.182. The molecule has 0 atom stereocenters. The van der Waals surface area contributed by atoms with Gasteiger partial charge in [-0.05, 0) is 0 Å². The summed E-state index contributed by atoms with van der Waals surface area (Å²) >= 11 is 7.01. The Morgan fingerprint density at radius 3 is 2.88 bits per heavy atom. The van der Waals surface area contributed by atoms with Crippen LogP contribution >= 0.6 is 22.9 Å². The Labute approximate surface area is 113 Å². The van der Waals surface area contributed by atoms with Crippen molar-refractivity contribution in [3.05, 3.63) is 33.7 Å². The Bertz CT molecular complexity index is 550. The van der Waals surface area contributed by atoms with Crippen LogP contribution < -0.4 is 21.6 Å². The standard InChI is InChI=1S/C11H9ClIO2S/c1-6-7-4-3-5-8(12)10(7)16-9(6)11(14)15-13-2/h3-5H,1-2H3/q-1. The summed E-state index contributed by atoms with van der Waals surface area (Å²) in [6.45, 7) is 1.93. The zero-order chi connectivity index (χ0) is 11.7. The molecule has 2 rings (SSSR count). The molecule has 2 aromatic rings. The molecule has 0 aliphatic heterocycles. The quantitative estimate of drug-likeness (QED) is 0.576. The molecule has 86 valence electrons. The molecule has 0 aliphatic carbocycles. The normalized spacial score (nSPS) is 10.9. The summed E-state index contributed by atoms with van der Waals surface area (Å²) in [5, 5.41) is 1.73. The molecule has 5 heteroatoms. The Balaban J connectivity index is 2.60. The molecule has 0 radical (unpaired) electrons. The van der Waals surface area contributed by atoms with Gasteiger partial charge in [-0.15, -0.1) is 0 Å². The first-order valence-corrected chi connectivity index (χ1v) is 8.76. The van der Waals surface area contributed by atoms with E-state index in [1.165, 1.54) is 11.3 Å². The average Bonchev–Trinajstić information content (AvgIpc) is 2.59. The van der Waals surface area contributed by atoms with Gasteiger partial charge < -0.3 is 0 Å². The molecule has 1 aromatic heterocycles. The van der Waals surface area contributed by atoms with Crippen LogP contribution in [0.5, 0.6) is 0 Å². The van der Waals surface area contributed by atoms with Gasteiger partial charge in [0.05, 0.1) is 0 Å². The van der Waals surface area contributed by atoms with Crippen LogP contribution in [0.1, 0.15) is 15.2 Å². The third-order valence-corrected chi connectivity index (χ3v) is 4.84. The zero-order valence-electron chi connectivity index (χ0n) is 8.71. The molecule has 1 heterocycles. The summed E-state index contributed by atoms with van der Waals surface area (Å²) in [5.41, 5.74) is 0.963. The number of halogens is 2. The van der Waals surface area contributed by atoms with E-state index in [1.54, 1.807) is 0 Å². The van der Waals surface area contributed by atoms with Gasteiger partial charge in [0, 0.05) is 0 Å². The summed E-state index contributed by atoms with van der Waals surface area (Å²) in [5.74, 6) is -0.218. The van der Waals surface area contributed by atoms with Gasteiger partial charge in [-0.3, -0.25) is 0 Å². The molecular formula is C11H9ClIO2S-. The zero-order valence-corrected chi connectivity index (χ0v) is 12.4. The second-order valence-electron chi connectivity index (χ2n) is 3.19. The third-order valence-electron chi connectivity index (χ3n) is 2.25. The molecule has 1 aromatic carbocycles. The van der Waals surface area contributed by atoms with Gasteiger partial charge in [-0.25, -0.2) is 0 Å².